The fourth-order valence-electron chi connectivity index (χ4n) is 1.31. The summed E-state index contributed by atoms with van der Waals surface area (Å²) in [6.45, 7) is -0.0672. The Morgan fingerprint density at radius 3 is 2.63 bits per heavy atom. The maximum Gasteiger partial charge on any atom is 0.305 e. The Morgan fingerprint density at radius 2 is 2.21 bits per heavy atom. The lowest BCUT2D eigenvalue weighted by molar-refractivity contribution is -0.137. The van der Waals surface area contributed by atoms with Crippen molar-refractivity contribution >= 4 is 50.5 Å². The van der Waals surface area contributed by atoms with E-state index in [0.29, 0.717) is 0 Å². The molecule has 0 aliphatic heterocycles. The molecule has 0 fully saturated rings. The van der Waals surface area contributed by atoms with Crippen LogP contribution in [0.4, 0.5) is 0 Å². The van der Waals surface area contributed by atoms with Crippen molar-refractivity contribution in [3.63, 3.8) is 0 Å². The molecular weight excluding hydrogens is 337 g/mol. The fourth-order valence-corrected chi connectivity index (χ4v) is 4.59. The summed E-state index contributed by atoms with van der Waals surface area (Å²) in [7, 11) is -2.58. The molecule has 0 bridgehead atoms. The summed E-state index contributed by atoms with van der Waals surface area (Å²) in [5.74, 6) is -1.14. The van der Waals surface area contributed by atoms with Crippen LogP contribution in [-0.4, -0.2) is 39.3 Å². The number of rotatable bonds is 7. The summed E-state index contributed by atoms with van der Waals surface area (Å²) in [5.41, 5.74) is 0. The topological polar surface area (TPSA) is 92.7 Å². The number of aliphatic carboxylic acids is 1. The number of carbonyl (C=O) groups is 1. The van der Waals surface area contributed by atoms with Gasteiger partial charge >= 0.3 is 5.97 Å². The van der Waals surface area contributed by atoms with E-state index in [1.165, 1.54) is 12.5 Å². The largest absolute Gasteiger partial charge is 0.481 e. The van der Waals surface area contributed by atoms with Crippen molar-refractivity contribution in [1.29, 1.82) is 0 Å². The van der Waals surface area contributed by atoms with E-state index in [4.69, 9.17) is 33.0 Å². The lowest BCUT2D eigenvalue weighted by Crippen LogP contribution is -2.39. The monoisotopic (exact) mass is 347 g/mol. The molecule has 10 heteroatoms. The van der Waals surface area contributed by atoms with Crippen LogP contribution in [-0.2, 0) is 19.6 Å². The Bertz CT molecular complexity index is 557. The number of carboxylic acid groups (broad SMARTS) is 1. The molecule has 0 aromatic carbocycles. The second-order valence-electron chi connectivity index (χ2n) is 3.56. The Labute approximate surface area is 124 Å². The molecule has 1 rings (SSSR count). The lowest BCUT2D eigenvalue weighted by Gasteiger charge is -2.15. The molecule has 0 unspecified atom stereocenters. The van der Waals surface area contributed by atoms with Gasteiger partial charge in [0.2, 0.25) is 0 Å². The number of carboxylic acids is 1. The van der Waals surface area contributed by atoms with E-state index in [1.54, 1.807) is 0 Å². The summed E-state index contributed by atoms with van der Waals surface area (Å²) in [6, 6.07) is -0.885. The second-order valence-corrected chi connectivity index (χ2v) is 7.13. The van der Waals surface area contributed by atoms with Gasteiger partial charge in [-0.1, -0.05) is 23.2 Å². The van der Waals surface area contributed by atoms with Crippen molar-refractivity contribution in [3.05, 3.63) is 15.4 Å². The predicted molar refractivity (Wildman–Crippen MR) is 72.6 cm³/mol. The van der Waals surface area contributed by atoms with Gasteiger partial charge in [-0.3, -0.25) is 4.79 Å². The van der Waals surface area contributed by atoms with E-state index in [2.05, 4.69) is 4.72 Å². The van der Waals surface area contributed by atoms with Crippen LogP contribution in [0.5, 0.6) is 0 Å². The summed E-state index contributed by atoms with van der Waals surface area (Å²) in [4.78, 5) is 10.6. The molecule has 0 saturated carbocycles. The van der Waals surface area contributed by atoms with Crippen LogP contribution in [0, 0.1) is 0 Å². The molecule has 108 valence electrons. The average molecular weight is 348 g/mol. The van der Waals surface area contributed by atoms with Crippen molar-refractivity contribution < 1.29 is 23.1 Å². The van der Waals surface area contributed by atoms with Crippen LogP contribution in [0.3, 0.4) is 0 Å². The minimum Gasteiger partial charge on any atom is -0.481 e. The van der Waals surface area contributed by atoms with E-state index in [1.807, 2.05) is 0 Å². The van der Waals surface area contributed by atoms with Crippen LogP contribution in [0.25, 0.3) is 0 Å². The molecule has 0 aliphatic carbocycles. The summed E-state index contributed by atoms with van der Waals surface area (Å²) < 4.78 is 30.9. The SMILES string of the molecule is COC[C@@H](CC(=O)O)NS(=O)(=O)c1scc(Cl)c1Cl. The third-order valence-corrected chi connectivity index (χ3v) is 6.21. The van der Waals surface area contributed by atoms with Crippen molar-refractivity contribution in [2.75, 3.05) is 13.7 Å². The summed E-state index contributed by atoms with van der Waals surface area (Å²) in [5, 5.41) is 10.1. The Morgan fingerprint density at radius 1 is 1.58 bits per heavy atom. The second kappa shape index (κ2) is 6.87. The van der Waals surface area contributed by atoms with E-state index >= 15 is 0 Å². The van der Waals surface area contributed by atoms with Gasteiger partial charge in [-0.05, 0) is 0 Å². The zero-order valence-corrected chi connectivity index (χ0v) is 12.9. The number of thiophene rings is 1. The molecule has 0 radical (unpaired) electrons. The lowest BCUT2D eigenvalue weighted by atomic mass is 10.2. The molecule has 0 spiro atoms. The molecule has 1 aromatic heterocycles. The van der Waals surface area contributed by atoms with Crippen LogP contribution < -0.4 is 4.72 Å². The van der Waals surface area contributed by atoms with Crippen molar-refractivity contribution in [2.45, 2.75) is 16.7 Å². The van der Waals surface area contributed by atoms with Gasteiger partial charge in [0.25, 0.3) is 10.0 Å². The Kier molecular flexibility index (Phi) is 6.03. The molecule has 0 saturated heterocycles. The molecule has 1 aromatic rings. The predicted octanol–water partition coefficient (Wildman–Crippen LogP) is 1.82. The minimum atomic E-state index is -3.93. The highest BCUT2D eigenvalue weighted by Crippen LogP contribution is 2.35. The molecule has 0 aliphatic rings. The zero-order valence-electron chi connectivity index (χ0n) is 9.72. The van der Waals surface area contributed by atoms with Crippen LogP contribution in [0.2, 0.25) is 10.0 Å². The molecule has 0 amide bonds. The first kappa shape index (κ1) is 16.7. The minimum absolute atomic E-state index is 0.0672. The Balaban J connectivity index is 2.93. The summed E-state index contributed by atoms with van der Waals surface area (Å²) in [6.07, 6.45) is -0.399. The smallest absolute Gasteiger partial charge is 0.305 e. The van der Waals surface area contributed by atoms with Gasteiger partial charge < -0.3 is 9.84 Å². The number of nitrogens with one attached hydrogen (secondary N) is 1. The van der Waals surface area contributed by atoms with Crippen molar-refractivity contribution in [2.24, 2.45) is 0 Å². The molecule has 1 atom stereocenters. The third kappa shape index (κ3) is 4.59. The van der Waals surface area contributed by atoms with E-state index < -0.39 is 28.5 Å². The number of hydrogen-bond donors (Lipinski definition) is 2. The van der Waals surface area contributed by atoms with Gasteiger partial charge in [-0.25, -0.2) is 13.1 Å². The number of sulfonamides is 1. The highest BCUT2D eigenvalue weighted by molar-refractivity contribution is 7.91. The van der Waals surface area contributed by atoms with Crippen molar-refractivity contribution in [1.82, 2.24) is 4.72 Å². The normalized spacial score (nSPS) is 13.4. The van der Waals surface area contributed by atoms with E-state index in [9.17, 15) is 13.2 Å². The van der Waals surface area contributed by atoms with Gasteiger partial charge in [0.1, 0.15) is 0 Å². The van der Waals surface area contributed by atoms with Gasteiger partial charge in [-0.15, -0.1) is 11.3 Å². The highest BCUT2D eigenvalue weighted by atomic mass is 35.5. The molecule has 2 N–H and O–H groups in total. The fraction of sp³-hybridized carbons (Fsp3) is 0.444. The first-order valence-corrected chi connectivity index (χ1v) is 8.05. The Hall–Kier alpha value is -0.380. The number of hydrogen-bond acceptors (Lipinski definition) is 5. The number of methoxy groups -OCH3 is 1. The quantitative estimate of drug-likeness (QED) is 0.784. The zero-order chi connectivity index (χ0) is 14.6. The van der Waals surface area contributed by atoms with Crippen LogP contribution in [0.15, 0.2) is 9.59 Å². The maximum absolute atomic E-state index is 12.0. The van der Waals surface area contributed by atoms with Gasteiger partial charge in [0.15, 0.2) is 4.21 Å². The molecule has 1 heterocycles. The van der Waals surface area contributed by atoms with Crippen LogP contribution in [0.1, 0.15) is 6.42 Å². The van der Waals surface area contributed by atoms with E-state index in [-0.39, 0.29) is 20.9 Å². The van der Waals surface area contributed by atoms with Gasteiger partial charge in [0.05, 0.1) is 29.1 Å². The van der Waals surface area contributed by atoms with Gasteiger partial charge in [-0.2, -0.15) is 0 Å². The maximum atomic E-state index is 12.0. The third-order valence-electron chi connectivity index (χ3n) is 2.01. The first-order chi connectivity index (χ1) is 8.77. The average Bonchev–Trinajstić information content (AvgIpc) is 2.59. The van der Waals surface area contributed by atoms with Gasteiger partial charge in [0, 0.05) is 12.5 Å². The van der Waals surface area contributed by atoms with Crippen molar-refractivity contribution in [3.8, 4) is 0 Å². The number of halogens is 2. The molecule has 6 nitrogen and oxygen atoms in total. The number of ether oxygens (including phenoxy) is 1. The molecule has 19 heavy (non-hydrogen) atoms. The summed E-state index contributed by atoms with van der Waals surface area (Å²) >= 11 is 12.3. The highest BCUT2D eigenvalue weighted by Gasteiger charge is 2.26. The van der Waals surface area contributed by atoms with Crippen LogP contribution >= 0.6 is 34.5 Å². The van der Waals surface area contributed by atoms with E-state index in [0.717, 1.165) is 11.3 Å². The standard InChI is InChI=1S/C9H11Cl2NO5S2/c1-17-3-5(2-7(13)14)12-19(15,16)9-8(11)6(10)4-18-9/h4-5,12H,2-3H2,1H3,(H,13,14)/t5-/m1/s1. The molecular formula is C9H11Cl2NO5S2. The first-order valence-electron chi connectivity index (χ1n) is 4.93.